The highest BCUT2D eigenvalue weighted by Gasteiger charge is 2.19. The van der Waals surface area contributed by atoms with Gasteiger partial charge in [0.25, 0.3) is 5.91 Å². The first-order valence-corrected chi connectivity index (χ1v) is 7.76. The van der Waals surface area contributed by atoms with Crippen LogP contribution in [-0.2, 0) is 4.74 Å². The Hall–Kier alpha value is -3.15. The van der Waals surface area contributed by atoms with Gasteiger partial charge in [-0.15, -0.1) is 0 Å². The van der Waals surface area contributed by atoms with Crippen LogP contribution in [-0.4, -0.2) is 18.5 Å². The molecule has 0 unspecified atom stereocenters. The Kier molecular flexibility index (Phi) is 4.52. The van der Waals surface area contributed by atoms with Crippen molar-refractivity contribution in [2.24, 2.45) is 0 Å². The van der Waals surface area contributed by atoms with Gasteiger partial charge in [-0.05, 0) is 50.2 Å². The third-order valence-electron chi connectivity index (χ3n) is 3.76. The number of halogens is 1. The summed E-state index contributed by atoms with van der Waals surface area (Å²) in [4.78, 5) is 24.1. The number of carbonyl (C=O) groups is 2. The monoisotopic (exact) mass is 341 g/mol. The van der Waals surface area contributed by atoms with Gasteiger partial charge in [0.05, 0.1) is 6.61 Å². The molecular weight excluding hydrogens is 325 g/mol. The molecule has 0 aliphatic heterocycles. The summed E-state index contributed by atoms with van der Waals surface area (Å²) in [7, 11) is 0. The smallest absolute Gasteiger partial charge is 0.374 e. The number of ether oxygens (including phenoxy) is 1. The lowest BCUT2D eigenvalue weighted by atomic mass is 10.1. The van der Waals surface area contributed by atoms with E-state index in [4.69, 9.17) is 9.15 Å². The van der Waals surface area contributed by atoms with Crippen LogP contribution in [0.3, 0.4) is 0 Å². The lowest BCUT2D eigenvalue weighted by Crippen LogP contribution is -2.11. The van der Waals surface area contributed by atoms with Crippen molar-refractivity contribution in [1.82, 2.24) is 0 Å². The summed E-state index contributed by atoms with van der Waals surface area (Å²) in [6, 6.07) is 10.3. The number of amides is 1. The van der Waals surface area contributed by atoms with Gasteiger partial charge in [-0.2, -0.15) is 0 Å². The Morgan fingerprint density at radius 1 is 1.16 bits per heavy atom. The number of anilines is 1. The lowest BCUT2D eigenvalue weighted by molar-refractivity contribution is 0.0491. The minimum absolute atomic E-state index is 0.152. The predicted molar refractivity (Wildman–Crippen MR) is 91.3 cm³/mol. The van der Waals surface area contributed by atoms with E-state index in [2.05, 4.69) is 5.32 Å². The molecule has 2 aromatic carbocycles. The molecule has 25 heavy (non-hydrogen) atoms. The number of nitrogens with one attached hydrogen (secondary N) is 1. The first kappa shape index (κ1) is 16.7. The van der Waals surface area contributed by atoms with Crippen LogP contribution in [0.4, 0.5) is 10.1 Å². The second-order valence-corrected chi connectivity index (χ2v) is 5.45. The minimum atomic E-state index is -0.520. The molecular formula is C19H16FNO4. The van der Waals surface area contributed by atoms with Crippen LogP contribution in [0, 0.1) is 12.7 Å². The Labute approximate surface area is 143 Å². The molecule has 0 aliphatic rings. The maximum absolute atomic E-state index is 12.9. The number of hydrogen-bond acceptors (Lipinski definition) is 4. The fourth-order valence-corrected chi connectivity index (χ4v) is 2.50. The van der Waals surface area contributed by atoms with Crippen LogP contribution in [0.1, 0.15) is 33.4 Å². The summed E-state index contributed by atoms with van der Waals surface area (Å²) in [5.41, 5.74) is 2.00. The summed E-state index contributed by atoms with van der Waals surface area (Å²) in [5, 5.41) is 3.48. The Morgan fingerprint density at radius 3 is 2.56 bits per heavy atom. The quantitative estimate of drug-likeness (QED) is 0.718. The van der Waals surface area contributed by atoms with Gasteiger partial charge in [-0.3, -0.25) is 4.79 Å². The third kappa shape index (κ3) is 3.38. The van der Waals surface area contributed by atoms with Crippen LogP contribution in [0.2, 0.25) is 0 Å². The molecule has 0 spiro atoms. The van der Waals surface area contributed by atoms with Crippen molar-refractivity contribution in [3.05, 3.63) is 65.2 Å². The van der Waals surface area contributed by atoms with Gasteiger partial charge in [-0.1, -0.05) is 0 Å². The molecule has 6 heteroatoms. The molecule has 0 aliphatic carbocycles. The molecule has 128 valence electrons. The van der Waals surface area contributed by atoms with Crippen LogP contribution >= 0.6 is 0 Å². The maximum Gasteiger partial charge on any atom is 0.374 e. The van der Waals surface area contributed by atoms with Crippen molar-refractivity contribution in [1.29, 1.82) is 0 Å². The average Bonchev–Trinajstić information content (AvgIpc) is 2.92. The number of aryl methyl sites for hydroxylation is 1. The van der Waals surface area contributed by atoms with Crippen LogP contribution in [0.5, 0.6) is 0 Å². The number of hydrogen-bond donors (Lipinski definition) is 1. The zero-order valence-corrected chi connectivity index (χ0v) is 13.8. The molecule has 0 saturated carbocycles. The number of fused-ring (bicyclic) bond motifs is 1. The van der Waals surface area contributed by atoms with E-state index in [0.717, 1.165) is 5.39 Å². The first-order chi connectivity index (χ1) is 12.0. The molecule has 3 aromatic rings. The van der Waals surface area contributed by atoms with Crippen LogP contribution in [0.15, 0.2) is 46.9 Å². The zero-order chi connectivity index (χ0) is 18.0. The number of esters is 1. The van der Waals surface area contributed by atoms with Crippen molar-refractivity contribution >= 4 is 28.5 Å². The summed E-state index contributed by atoms with van der Waals surface area (Å²) < 4.78 is 23.5. The predicted octanol–water partition coefficient (Wildman–Crippen LogP) is 4.31. The summed E-state index contributed by atoms with van der Waals surface area (Å²) in [6.07, 6.45) is 0. The average molecular weight is 341 g/mol. The molecule has 1 aromatic heterocycles. The minimum Gasteiger partial charge on any atom is -0.460 e. The van der Waals surface area contributed by atoms with Gasteiger partial charge in [0.15, 0.2) is 0 Å². The highest BCUT2D eigenvalue weighted by molar-refractivity contribution is 6.05. The Bertz CT molecular complexity index is 944. The third-order valence-corrected chi connectivity index (χ3v) is 3.76. The number of furan rings is 1. The Morgan fingerprint density at radius 2 is 1.88 bits per heavy atom. The van der Waals surface area contributed by atoms with Gasteiger partial charge in [0.1, 0.15) is 11.4 Å². The van der Waals surface area contributed by atoms with Crippen LogP contribution in [0.25, 0.3) is 11.0 Å². The van der Waals surface area contributed by atoms with E-state index in [1.807, 2.05) is 0 Å². The van der Waals surface area contributed by atoms with Crippen LogP contribution < -0.4 is 5.32 Å². The maximum atomic E-state index is 12.9. The van der Waals surface area contributed by atoms with E-state index in [1.54, 1.807) is 32.0 Å². The van der Waals surface area contributed by atoms with Crippen molar-refractivity contribution in [2.75, 3.05) is 11.9 Å². The molecule has 3 rings (SSSR count). The number of benzene rings is 2. The molecule has 0 atom stereocenters. The van der Waals surface area contributed by atoms with E-state index in [1.165, 1.54) is 24.3 Å². The largest absolute Gasteiger partial charge is 0.460 e. The fourth-order valence-electron chi connectivity index (χ4n) is 2.50. The van der Waals surface area contributed by atoms with Gasteiger partial charge in [0.2, 0.25) is 5.76 Å². The first-order valence-electron chi connectivity index (χ1n) is 7.76. The molecule has 0 fully saturated rings. The van der Waals surface area contributed by atoms with E-state index in [-0.39, 0.29) is 18.3 Å². The topological polar surface area (TPSA) is 68.5 Å². The molecule has 1 N–H and O–H groups in total. The number of rotatable bonds is 4. The highest BCUT2D eigenvalue weighted by Crippen LogP contribution is 2.28. The molecule has 0 radical (unpaired) electrons. The summed E-state index contributed by atoms with van der Waals surface area (Å²) in [5.74, 6) is -1.14. The van der Waals surface area contributed by atoms with E-state index < -0.39 is 11.8 Å². The molecule has 1 amide bonds. The zero-order valence-electron chi connectivity index (χ0n) is 13.8. The summed E-state index contributed by atoms with van der Waals surface area (Å²) in [6.45, 7) is 3.75. The van der Waals surface area contributed by atoms with Gasteiger partial charge in [-0.25, -0.2) is 9.18 Å². The summed E-state index contributed by atoms with van der Waals surface area (Å²) >= 11 is 0. The van der Waals surface area contributed by atoms with Crippen molar-refractivity contribution in [3.63, 3.8) is 0 Å². The van der Waals surface area contributed by atoms with E-state index >= 15 is 0 Å². The van der Waals surface area contributed by atoms with Gasteiger partial charge >= 0.3 is 5.97 Å². The Balaban J connectivity index is 1.87. The second-order valence-electron chi connectivity index (χ2n) is 5.45. The van der Waals surface area contributed by atoms with Crippen molar-refractivity contribution in [2.45, 2.75) is 13.8 Å². The molecule has 0 saturated heterocycles. The van der Waals surface area contributed by atoms with Crippen molar-refractivity contribution < 1.29 is 23.1 Å². The van der Waals surface area contributed by atoms with Gasteiger partial charge in [0, 0.05) is 28.3 Å². The highest BCUT2D eigenvalue weighted by atomic mass is 19.1. The van der Waals surface area contributed by atoms with E-state index in [9.17, 15) is 14.0 Å². The number of carbonyl (C=O) groups excluding carboxylic acids is 2. The van der Waals surface area contributed by atoms with Gasteiger partial charge < -0.3 is 14.5 Å². The van der Waals surface area contributed by atoms with E-state index in [0.29, 0.717) is 22.4 Å². The SMILES string of the molecule is CCOC(=O)c1oc2cc(NC(=O)c3ccc(F)cc3)ccc2c1C. The second kappa shape index (κ2) is 6.76. The standard InChI is InChI=1S/C19H16FNO4/c1-3-24-19(23)17-11(2)15-9-8-14(10-16(15)25-17)21-18(22)12-4-6-13(20)7-5-12/h4-10H,3H2,1-2H3,(H,21,22). The molecule has 0 bridgehead atoms. The molecule has 1 heterocycles. The van der Waals surface area contributed by atoms with Crippen molar-refractivity contribution in [3.8, 4) is 0 Å². The normalized spacial score (nSPS) is 10.7. The fraction of sp³-hybridized carbons (Fsp3) is 0.158. The lowest BCUT2D eigenvalue weighted by Gasteiger charge is -2.05. The molecule has 5 nitrogen and oxygen atoms in total.